The Bertz CT molecular complexity index is 1630. The number of anilines is 1. The average Bonchev–Trinajstić information content (AvgIpc) is 2.97. The first kappa shape index (κ1) is 32.9. The van der Waals surface area contributed by atoms with E-state index in [2.05, 4.69) is 46.4 Å². The average molecular weight is 647 g/mol. The van der Waals surface area contributed by atoms with Crippen molar-refractivity contribution in [1.82, 2.24) is 14.9 Å². The standard InChI is InChI=1S/C37H50N4O4S/c1-25-9-7-10-26(2)33(25)31-20-32-39-35(38-31)40-46(42,43)30-12-8-11-27(19-30)34(29(24-45-32)21-36(3,4)5)28-22-37(23-28)13-15-41(16-14-37)17-18-44-6/h7-12,19-20,28-29,34H,13-18,21-24H2,1-6H3,(H,38,39,40)/t29-,34?/m1/s1. The van der Waals surface area contributed by atoms with Crippen molar-refractivity contribution in [3.05, 3.63) is 65.2 Å². The van der Waals surface area contributed by atoms with E-state index in [-0.39, 0.29) is 28.1 Å². The van der Waals surface area contributed by atoms with Gasteiger partial charge in [-0.25, -0.2) is 18.1 Å². The first-order valence-electron chi connectivity index (χ1n) is 16.8. The van der Waals surface area contributed by atoms with Crippen molar-refractivity contribution < 1.29 is 17.9 Å². The quantitative estimate of drug-likeness (QED) is 0.302. The molecule has 1 saturated heterocycles. The third kappa shape index (κ3) is 7.11. The van der Waals surface area contributed by atoms with E-state index in [1.165, 1.54) is 25.7 Å². The molecule has 1 aliphatic carbocycles. The van der Waals surface area contributed by atoms with Gasteiger partial charge in [0.2, 0.25) is 11.8 Å². The van der Waals surface area contributed by atoms with Gasteiger partial charge < -0.3 is 14.4 Å². The molecule has 8 nitrogen and oxygen atoms in total. The highest BCUT2D eigenvalue weighted by atomic mass is 32.2. The van der Waals surface area contributed by atoms with Gasteiger partial charge in [-0.1, -0.05) is 51.1 Å². The highest BCUT2D eigenvalue weighted by Crippen LogP contribution is 2.59. The number of aryl methyl sites for hydroxylation is 2. The molecule has 2 aromatic carbocycles. The van der Waals surface area contributed by atoms with Crippen LogP contribution >= 0.6 is 0 Å². The number of fused-ring (bicyclic) bond motifs is 4. The minimum Gasteiger partial charge on any atom is -0.477 e. The van der Waals surface area contributed by atoms with Crippen LogP contribution in [-0.2, 0) is 14.8 Å². The molecule has 2 fully saturated rings. The number of nitrogens with one attached hydrogen (secondary N) is 1. The van der Waals surface area contributed by atoms with Crippen molar-refractivity contribution >= 4 is 16.0 Å². The lowest BCUT2D eigenvalue weighted by Crippen LogP contribution is -2.50. The first-order valence-corrected chi connectivity index (χ1v) is 18.3. The third-order valence-electron chi connectivity index (χ3n) is 10.5. The number of ether oxygens (including phenoxy) is 2. The van der Waals surface area contributed by atoms with Crippen LogP contribution in [0.15, 0.2) is 53.4 Å². The summed E-state index contributed by atoms with van der Waals surface area (Å²) in [7, 11) is -2.17. The number of aromatic nitrogens is 2. The predicted molar refractivity (Wildman–Crippen MR) is 183 cm³/mol. The van der Waals surface area contributed by atoms with Crippen molar-refractivity contribution in [2.75, 3.05) is 44.7 Å². The number of hydrogen-bond acceptors (Lipinski definition) is 7. The van der Waals surface area contributed by atoms with E-state index in [1.807, 2.05) is 50.2 Å². The van der Waals surface area contributed by atoms with Crippen LogP contribution < -0.4 is 9.46 Å². The Morgan fingerprint density at radius 3 is 2.39 bits per heavy atom. The van der Waals surface area contributed by atoms with Crippen molar-refractivity contribution in [2.45, 2.75) is 77.5 Å². The second-order valence-electron chi connectivity index (χ2n) is 15.2. The highest BCUT2D eigenvalue weighted by Gasteiger charge is 2.50. The number of benzene rings is 2. The number of sulfonamides is 1. The lowest BCUT2D eigenvalue weighted by Gasteiger charge is -2.56. The molecule has 0 amide bonds. The maximum Gasteiger partial charge on any atom is 0.264 e. The molecular weight excluding hydrogens is 596 g/mol. The molecule has 2 aliphatic heterocycles. The molecule has 2 atom stereocenters. The summed E-state index contributed by atoms with van der Waals surface area (Å²) >= 11 is 0. The molecule has 3 heterocycles. The molecule has 1 spiro atoms. The fourth-order valence-electron chi connectivity index (χ4n) is 8.34. The molecule has 46 heavy (non-hydrogen) atoms. The number of methoxy groups -OCH3 is 1. The highest BCUT2D eigenvalue weighted by molar-refractivity contribution is 7.92. The van der Waals surface area contributed by atoms with Crippen molar-refractivity contribution in [3.8, 4) is 17.1 Å². The first-order chi connectivity index (χ1) is 21.8. The minimum atomic E-state index is -3.94. The summed E-state index contributed by atoms with van der Waals surface area (Å²) in [5, 5.41) is 0. The Morgan fingerprint density at radius 2 is 1.72 bits per heavy atom. The van der Waals surface area contributed by atoms with E-state index < -0.39 is 10.0 Å². The van der Waals surface area contributed by atoms with E-state index in [1.54, 1.807) is 13.2 Å². The molecule has 3 aliphatic rings. The third-order valence-corrected chi connectivity index (χ3v) is 11.8. The number of piperidine rings is 1. The zero-order chi connectivity index (χ0) is 32.7. The molecule has 1 N–H and O–H groups in total. The van der Waals surface area contributed by atoms with Gasteiger partial charge in [-0.3, -0.25) is 0 Å². The second kappa shape index (κ2) is 12.9. The smallest absolute Gasteiger partial charge is 0.264 e. The Morgan fingerprint density at radius 1 is 1.02 bits per heavy atom. The van der Waals surface area contributed by atoms with Gasteiger partial charge in [0.15, 0.2) is 0 Å². The molecule has 3 aromatic rings. The van der Waals surface area contributed by atoms with Gasteiger partial charge in [0.1, 0.15) is 0 Å². The predicted octanol–water partition coefficient (Wildman–Crippen LogP) is 7.23. The Kier molecular flexibility index (Phi) is 9.22. The maximum absolute atomic E-state index is 13.8. The van der Waals surface area contributed by atoms with E-state index in [0.717, 1.165) is 54.9 Å². The van der Waals surface area contributed by atoms with E-state index in [4.69, 9.17) is 9.47 Å². The van der Waals surface area contributed by atoms with Gasteiger partial charge >= 0.3 is 0 Å². The van der Waals surface area contributed by atoms with Crippen LogP contribution in [0.2, 0.25) is 0 Å². The fraction of sp³-hybridized carbons (Fsp3) is 0.568. The monoisotopic (exact) mass is 646 g/mol. The molecule has 9 heteroatoms. The molecule has 248 valence electrons. The Balaban J connectivity index is 1.37. The zero-order valence-corrected chi connectivity index (χ0v) is 29.1. The van der Waals surface area contributed by atoms with Gasteiger partial charge in [-0.15, -0.1) is 0 Å². The number of likely N-dealkylation sites (tertiary alicyclic amines) is 1. The van der Waals surface area contributed by atoms with Crippen LogP contribution in [-0.4, -0.2) is 63.2 Å². The molecule has 1 unspecified atom stereocenters. The maximum atomic E-state index is 13.8. The van der Waals surface area contributed by atoms with Gasteiger partial charge in [-0.05, 0) is 111 Å². The molecule has 0 radical (unpaired) electrons. The summed E-state index contributed by atoms with van der Waals surface area (Å²) in [5.41, 5.74) is 5.23. The van der Waals surface area contributed by atoms with Crippen LogP contribution in [0.25, 0.3) is 11.3 Å². The second-order valence-corrected chi connectivity index (χ2v) is 16.9. The molecule has 4 bridgehead atoms. The lowest BCUT2D eigenvalue weighted by atomic mass is 9.52. The summed E-state index contributed by atoms with van der Waals surface area (Å²) in [5.74, 6) is 1.21. The lowest BCUT2D eigenvalue weighted by molar-refractivity contribution is -0.0408. The van der Waals surface area contributed by atoms with Crippen molar-refractivity contribution in [3.63, 3.8) is 0 Å². The van der Waals surface area contributed by atoms with Crippen LogP contribution in [0.4, 0.5) is 5.95 Å². The molecular formula is C37H50N4O4S. The summed E-state index contributed by atoms with van der Waals surface area (Å²) < 4.78 is 42.3. The minimum absolute atomic E-state index is 0.0165. The Hall–Kier alpha value is -3.01. The topological polar surface area (TPSA) is 93.7 Å². The SMILES string of the molecule is COCCN1CCC2(CC1)CC(C1c3cccc(c3)S(=O)(=O)Nc3nc(cc(-c4c(C)cccc4C)n3)OC[C@H]1CC(C)(C)C)C2. The van der Waals surface area contributed by atoms with E-state index in [0.29, 0.717) is 29.5 Å². The number of rotatable bonds is 6. The van der Waals surface area contributed by atoms with E-state index in [9.17, 15) is 8.42 Å². The number of hydrogen-bond donors (Lipinski definition) is 1. The molecule has 6 rings (SSSR count). The van der Waals surface area contributed by atoms with Crippen LogP contribution in [0.1, 0.15) is 75.5 Å². The molecule has 1 saturated carbocycles. The Labute approximate surface area is 275 Å². The summed E-state index contributed by atoms with van der Waals surface area (Å²) in [6.45, 7) is 15.4. The summed E-state index contributed by atoms with van der Waals surface area (Å²) in [4.78, 5) is 12.0. The van der Waals surface area contributed by atoms with Crippen LogP contribution in [0, 0.1) is 36.5 Å². The molecule has 1 aromatic heterocycles. The van der Waals surface area contributed by atoms with Crippen LogP contribution in [0.3, 0.4) is 0 Å². The van der Waals surface area contributed by atoms with Gasteiger partial charge in [-0.2, -0.15) is 4.98 Å². The number of nitrogens with zero attached hydrogens (tertiary/aromatic N) is 3. The van der Waals surface area contributed by atoms with Crippen molar-refractivity contribution in [1.29, 1.82) is 0 Å². The summed E-state index contributed by atoms with van der Waals surface area (Å²) in [6, 6.07) is 15.5. The normalized spacial score (nSPS) is 23.0. The van der Waals surface area contributed by atoms with E-state index >= 15 is 0 Å². The van der Waals surface area contributed by atoms with Gasteiger partial charge in [0.05, 0.1) is 23.8 Å². The van der Waals surface area contributed by atoms with Gasteiger partial charge in [0.25, 0.3) is 10.0 Å². The fourth-order valence-corrected chi connectivity index (χ4v) is 9.34. The van der Waals surface area contributed by atoms with Crippen molar-refractivity contribution in [2.24, 2.45) is 22.7 Å². The summed E-state index contributed by atoms with van der Waals surface area (Å²) in [6.07, 6.45) is 5.70. The van der Waals surface area contributed by atoms with Crippen LogP contribution in [0.5, 0.6) is 5.88 Å². The largest absolute Gasteiger partial charge is 0.477 e. The zero-order valence-electron chi connectivity index (χ0n) is 28.3. The van der Waals surface area contributed by atoms with Gasteiger partial charge in [0, 0.05) is 31.2 Å².